The zero-order valence-corrected chi connectivity index (χ0v) is 16.7. The van der Waals surface area contributed by atoms with Gasteiger partial charge < -0.3 is 5.32 Å². The second-order valence-electron chi connectivity index (χ2n) is 7.17. The number of rotatable bonds is 8. The lowest BCUT2D eigenvalue weighted by atomic mass is 10.0. The maximum absolute atomic E-state index is 12.7. The van der Waals surface area contributed by atoms with Gasteiger partial charge in [-0.1, -0.05) is 42.5 Å². The van der Waals surface area contributed by atoms with E-state index in [0.717, 1.165) is 5.56 Å². The molecule has 7 nitrogen and oxygen atoms in total. The first-order valence-corrected chi connectivity index (χ1v) is 10.1. The zero-order valence-electron chi connectivity index (χ0n) is 15.9. The summed E-state index contributed by atoms with van der Waals surface area (Å²) in [5, 5.41) is 14.6. The van der Waals surface area contributed by atoms with Gasteiger partial charge in [0.2, 0.25) is 10.0 Å². The first kappa shape index (κ1) is 21.0. The molecular formula is C19H25N3O4S. The van der Waals surface area contributed by atoms with Gasteiger partial charge in [-0.05, 0) is 38.8 Å². The van der Waals surface area contributed by atoms with E-state index in [9.17, 15) is 18.5 Å². The predicted octanol–water partition coefficient (Wildman–Crippen LogP) is 3.31. The lowest BCUT2D eigenvalue weighted by Crippen LogP contribution is -2.49. The number of hydrogen-bond donors (Lipinski definition) is 2. The van der Waals surface area contributed by atoms with Crippen LogP contribution < -0.4 is 10.0 Å². The molecule has 0 aliphatic carbocycles. The van der Waals surface area contributed by atoms with Crippen LogP contribution in [-0.2, 0) is 10.0 Å². The molecule has 0 spiro atoms. The molecule has 2 N–H and O–H groups in total. The Morgan fingerprint density at radius 2 is 1.74 bits per heavy atom. The van der Waals surface area contributed by atoms with Gasteiger partial charge in [0.05, 0.1) is 4.92 Å². The summed E-state index contributed by atoms with van der Waals surface area (Å²) in [6, 6.07) is 14.0. The van der Waals surface area contributed by atoms with Gasteiger partial charge >= 0.3 is 0 Å². The van der Waals surface area contributed by atoms with Crippen molar-refractivity contribution >= 4 is 15.7 Å². The van der Waals surface area contributed by atoms with Crippen molar-refractivity contribution in [3.05, 3.63) is 69.8 Å². The number of benzene rings is 2. The fourth-order valence-electron chi connectivity index (χ4n) is 2.94. The van der Waals surface area contributed by atoms with Crippen molar-refractivity contribution in [2.75, 3.05) is 6.54 Å². The fraction of sp³-hybridized carbons (Fsp3) is 0.368. The molecule has 0 bridgehead atoms. The van der Waals surface area contributed by atoms with E-state index in [1.54, 1.807) is 13.0 Å². The van der Waals surface area contributed by atoms with Crippen LogP contribution in [0.15, 0.2) is 53.4 Å². The minimum atomic E-state index is -4.03. The SMILES string of the molecule is Cc1cccc([N+](=O)[O-])c1S(=O)(=O)NCC(C)(C)NC(C)c1ccccc1. The highest BCUT2D eigenvalue weighted by Crippen LogP contribution is 2.27. The average molecular weight is 391 g/mol. The zero-order chi connectivity index (χ0) is 20.2. The first-order valence-electron chi connectivity index (χ1n) is 8.60. The largest absolute Gasteiger partial charge is 0.304 e. The summed E-state index contributed by atoms with van der Waals surface area (Å²) in [4.78, 5) is 10.3. The molecule has 0 radical (unpaired) electrons. The van der Waals surface area contributed by atoms with E-state index in [0.29, 0.717) is 5.56 Å². The Kier molecular flexibility index (Phi) is 6.35. The van der Waals surface area contributed by atoms with Crippen molar-refractivity contribution in [2.24, 2.45) is 0 Å². The van der Waals surface area contributed by atoms with Crippen molar-refractivity contribution in [3.63, 3.8) is 0 Å². The Hall–Kier alpha value is -2.29. The van der Waals surface area contributed by atoms with Gasteiger partial charge in [0.25, 0.3) is 5.69 Å². The second kappa shape index (κ2) is 8.16. The number of nitro benzene ring substituents is 1. The van der Waals surface area contributed by atoms with Gasteiger partial charge in [-0.25, -0.2) is 13.1 Å². The number of sulfonamides is 1. The monoisotopic (exact) mass is 391 g/mol. The van der Waals surface area contributed by atoms with Crippen LogP contribution in [0.4, 0.5) is 5.69 Å². The molecular weight excluding hydrogens is 366 g/mol. The fourth-order valence-corrected chi connectivity index (χ4v) is 4.55. The molecule has 0 aromatic heterocycles. The molecule has 1 atom stereocenters. The van der Waals surface area contributed by atoms with Crippen molar-refractivity contribution < 1.29 is 13.3 Å². The van der Waals surface area contributed by atoms with E-state index in [1.165, 1.54) is 12.1 Å². The highest BCUT2D eigenvalue weighted by atomic mass is 32.2. The Bertz CT molecular complexity index is 912. The van der Waals surface area contributed by atoms with Crippen molar-refractivity contribution in [1.29, 1.82) is 0 Å². The molecule has 27 heavy (non-hydrogen) atoms. The molecule has 0 heterocycles. The Balaban J connectivity index is 2.16. The molecule has 0 aliphatic rings. The maximum Gasteiger partial charge on any atom is 0.289 e. The van der Waals surface area contributed by atoms with Gasteiger partial charge in [0.1, 0.15) is 0 Å². The molecule has 0 saturated carbocycles. The summed E-state index contributed by atoms with van der Waals surface area (Å²) >= 11 is 0. The number of hydrogen-bond acceptors (Lipinski definition) is 5. The minimum absolute atomic E-state index is 0.0125. The van der Waals surface area contributed by atoms with Gasteiger partial charge in [-0.2, -0.15) is 0 Å². The van der Waals surface area contributed by atoms with Gasteiger partial charge in [0.15, 0.2) is 4.90 Å². The maximum atomic E-state index is 12.7. The van der Waals surface area contributed by atoms with Crippen LogP contribution in [0.1, 0.15) is 37.9 Å². The van der Waals surface area contributed by atoms with Crippen molar-refractivity contribution in [3.8, 4) is 0 Å². The Morgan fingerprint density at radius 1 is 1.11 bits per heavy atom. The highest BCUT2D eigenvalue weighted by Gasteiger charge is 2.30. The Morgan fingerprint density at radius 3 is 2.33 bits per heavy atom. The normalized spacial score (nSPS) is 13.3. The third-order valence-electron chi connectivity index (χ3n) is 4.27. The van der Waals surface area contributed by atoms with Crippen LogP contribution in [0.25, 0.3) is 0 Å². The van der Waals surface area contributed by atoms with E-state index in [2.05, 4.69) is 10.0 Å². The molecule has 0 fully saturated rings. The van der Waals surface area contributed by atoms with Gasteiger partial charge in [-0.15, -0.1) is 0 Å². The molecule has 0 aliphatic heterocycles. The van der Waals surface area contributed by atoms with Crippen LogP contribution in [0.5, 0.6) is 0 Å². The molecule has 2 rings (SSSR count). The van der Waals surface area contributed by atoms with Crippen LogP contribution in [-0.4, -0.2) is 25.4 Å². The van der Waals surface area contributed by atoms with E-state index in [-0.39, 0.29) is 17.5 Å². The van der Waals surface area contributed by atoms with Gasteiger partial charge in [0, 0.05) is 24.2 Å². The van der Waals surface area contributed by atoms with E-state index in [4.69, 9.17) is 0 Å². The topological polar surface area (TPSA) is 101 Å². The third kappa shape index (κ3) is 5.35. The molecule has 0 saturated heterocycles. The quantitative estimate of drug-likeness (QED) is 0.531. The van der Waals surface area contributed by atoms with E-state index >= 15 is 0 Å². The number of nitrogens with zero attached hydrogens (tertiary/aromatic N) is 1. The molecule has 1 unspecified atom stereocenters. The molecule has 2 aromatic rings. The Labute approximate surface area is 160 Å². The standard InChI is InChI=1S/C19H25N3O4S/c1-14-9-8-12-17(22(23)24)18(14)27(25,26)20-13-19(3,4)21-15(2)16-10-6-5-7-11-16/h5-12,15,20-21H,13H2,1-4H3. The summed E-state index contributed by atoms with van der Waals surface area (Å²) in [7, 11) is -4.03. The molecule has 146 valence electrons. The summed E-state index contributed by atoms with van der Waals surface area (Å²) in [5.41, 5.74) is 0.425. The smallest absolute Gasteiger partial charge is 0.289 e. The van der Waals surface area contributed by atoms with Crippen molar-refractivity contribution in [2.45, 2.75) is 44.2 Å². The second-order valence-corrected chi connectivity index (χ2v) is 8.87. The van der Waals surface area contributed by atoms with Crippen LogP contribution in [0, 0.1) is 17.0 Å². The van der Waals surface area contributed by atoms with E-state index < -0.39 is 26.2 Å². The molecule has 2 aromatic carbocycles. The third-order valence-corrected chi connectivity index (χ3v) is 5.86. The van der Waals surface area contributed by atoms with Crippen LogP contribution in [0.3, 0.4) is 0 Å². The van der Waals surface area contributed by atoms with Crippen molar-refractivity contribution in [1.82, 2.24) is 10.0 Å². The molecule has 8 heteroatoms. The van der Waals surface area contributed by atoms with Crippen LogP contribution in [0.2, 0.25) is 0 Å². The number of nitro groups is 1. The van der Waals surface area contributed by atoms with Crippen LogP contribution >= 0.6 is 0 Å². The summed E-state index contributed by atoms with van der Waals surface area (Å²) in [5.74, 6) is 0. The lowest BCUT2D eigenvalue weighted by Gasteiger charge is -2.30. The number of nitrogens with one attached hydrogen (secondary N) is 2. The lowest BCUT2D eigenvalue weighted by molar-refractivity contribution is -0.387. The summed E-state index contributed by atoms with van der Waals surface area (Å²) in [6.45, 7) is 7.38. The first-order chi connectivity index (χ1) is 12.5. The molecule has 0 amide bonds. The predicted molar refractivity (Wildman–Crippen MR) is 105 cm³/mol. The van der Waals surface area contributed by atoms with Gasteiger partial charge in [-0.3, -0.25) is 10.1 Å². The van der Waals surface area contributed by atoms with E-state index in [1.807, 2.05) is 51.1 Å². The number of aryl methyl sites for hydroxylation is 1. The minimum Gasteiger partial charge on any atom is -0.304 e. The highest BCUT2D eigenvalue weighted by molar-refractivity contribution is 7.89. The summed E-state index contributed by atoms with van der Waals surface area (Å²) in [6.07, 6.45) is 0. The average Bonchev–Trinajstić information content (AvgIpc) is 2.60. The summed E-state index contributed by atoms with van der Waals surface area (Å²) < 4.78 is 28.0.